The lowest BCUT2D eigenvalue weighted by Crippen LogP contribution is -2.57. The minimum atomic E-state index is -1.50. The van der Waals surface area contributed by atoms with Crippen molar-refractivity contribution < 1.29 is 14.4 Å². The Hall–Kier alpha value is -1.85. The van der Waals surface area contributed by atoms with Crippen LogP contribution in [0, 0.1) is 0 Å². The summed E-state index contributed by atoms with van der Waals surface area (Å²) in [6, 6.07) is 0. The molecule has 0 aromatic heterocycles. The molecule has 94 valence electrons. The van der Waals surface area contributed by atoms with Crippen LogP contribution in [-0.4, -0.2) is 34.6 Å². The van der Waals surface area contributed by atoms with E-state index >= 15 is 0 Å². The Balaban J connectivity index is 3.35. The first-order valence-corrected chi connectivity index (χ1v) is 5.41. The number of amides is 2. The van der Waals surface area contributed by atoms with Gasteiger partial charge in [0.15, 0.2) is 5.54 Å². The predicted molar refractivity (Wildman–Crippen MR) is 61.5 cm³/mol. The highest BCUT2D eigenvalue weighted by atomic mass is 16.2. The molecule has 0 aromatic carbocycles. The fourth-order valence-corrected chi connectivity index (χ4v) is 2.15. The number of nitrogens with zero attached hydrogens (tertiary/aromatic N) is 1. The number of carbonyl (C=O) groups excluding carboxylic acids is 3. The normalized spacial score (nSPS) is 24.4. The van der Waals surface area contributed by atoms with Crippen LogP contribution in [0.4, 0.5) is 0 Å². The molecule has 0 saturated carbocycles. The van der Waals surface area contributed by atoms with Crippen LogP contribution in [0.15, 0.2) is 11.3 Å². The van der Waals surface area contributed by atoms with E-state index in [9.17, 15) is 14.4 Å². The van der Waals surface area contributed by atoms with Gasteiger partial charge >= 0.3 is 0 Å². The van der Waals surface area contributed by atoms with Gasteiger partial charge < -0.3 is 16.4 Å². The molecule has 0 spiro atoms. The van der Waals surface area contributed by atoms with Crippen LogP contribution < -0.4 is 11.5 Å². The standard InChI is InChI=1S/C11H17N3O3/c1-4-5-14-6(2)7(9(12)16)8(15)11(14,3)10(13)17/h4-5H2,1-3H3,(H2,12,16)(H2,13,17). The summed E-state index contributed by atoms with van der Waals surface area (Å²) in [5.74, 6) is -2.20. The van der Waals surface area contributed by atoms with E-state index in [1.807, 2.05) is 6.92 Å². The molecule has 4 N–H and O–H groups in total. The highest BCUT2D eigenvalue weighted by Crippen LogP contribution is 2.33. The summed E-state index contributed by atoms with van der Waals surface area (Å²) in [6.07, 6.45) is 0.722. The van der Waals surface area contributed by atoms with Crippen LogP contribution >= 0.6 is 0 Å². The van der Waals surface area contributed by atoms with Gasteiger partial charge in [-0.3, -0.25) is 14.4 Å². The van der Waals surface area contributed by atoms with Crippen LogP contribution in [-0.2, 0) is 14.4 Å². The second kappa shape index (κ2) is 4.20. The SMILES string of the molecule is CCCN1C(C)=C(C(N)=O)C(=O)C1(C)C(N)=O. The van der Waals surface area contributed by atoms with E-state index in [0.717, 1.165) is 6.42 Å². The van der Waals surface area contributed by atoms with E-state index in [0.29, 0.717) is 12.2 Å². The summed E-state index contributed by atoms with van der Waals surface area (Å²) in [5, 5.41) is 0. The van der Waals surface area contributed by atoms with Crippen molar-refractivity contribution in [2.45, 2.75) is 32.7 Å². The maximum Gasteiger partial charge on any atom is 0.254 e. The summed E-state index contributed by atoms with van der Waals surface area (Å²) < 4.78 is 0. The van der Waals surface area contributed by atoms with Gasteiger partial charge in [-0.1, -0.05) is 6.92 Å². The second-order valence-electron chi connectivity index (χ2n) is 4.24. The fourth-order valence-electron chi connectivity index (χ4n) is 2.15. The third-order valence-corrected chi connectivity index (χ3v) is 3.15. The van der Waals surface area contributed by atoms with Crippen molar-refractivity contribution in [3.05, 3.63) is 11.3 Å². The van der Waals surface area contributed by atoms with E-state index in [1.54, 1.807) is 11.8 Å². The molecule has 0 fully saturated rings. The molecule has 1 heterocycles. The van der Waals surface area contributed by atoms with Gasteiger partial charge in [0.2, 0.25) is 5.78 Å². The van der Waals surface area contributed by atoms with Crippen molar-refractivity contribution in [1.29, 1.82) is 0 Å². The molecule has 6 nitrogen and oxygen atoms in total. The largest absolute Gasteiger partial charge is 0.367 e. The van der Waals surface area contributed by atoms with E-state index in [1.165, 1.54) is 6.92 Å². The first kappa shape index (κ1) is 13.2. The number of hydrogen-bond acceptors (Lipinski definition) is 4. The number of hydrogen-bond donors (Lipinski definition) is 2. The van der Waals surface area contributed by atoms with Crippen LogP contribution in [0.3, 0.4) is 0 Å². The maximum absolute atomic E-state index is 12.1. The Labute approximate surface area is 99.6 Å². The van der Waals surface area contributed by atoms with Crippen LogP contribution in [0.25, 0.3) is 0 Å². The zero-order valence-corrected chi connectivity index (χ0v) is 10.2. The van der Waals surface area contributed by atoms with Crippen molar-refractivity contribution >= 4 is 17.6 Å². The molecule has 1 atom stereocenters. The fraction of sp³-hybridized carbons (Fsp3) is 0.545. The third-order valence-electron chi connectivity index (χ3n) is 3.15. The minimum absolute atomic E-state index is 0.125. The predicted octanol–water partition coefficient (Wildman–Crippen LogP) is -0.716. The van der Waals surface area contributed by atoms with Gasteiger partial charge in [0, 0.05) is 12.2 Å². The molecular weight excluding hydrogens is 222 g/mol. The molecule has 0 saturated heterocycles. The van der Waals surface area contributed by atoms with Gasteiger partial charge in [-0.15, -0.1) is 0 Å². The molecular formula is C11H17N3O3. The summed E-state index contributed by atoms with van der Waals surface area (Å²) in [6.45, 7) is 5.39. The van der Waals surface area contributed by atoms with Gasteiger partial charge in [0.05, 0.1) is 0 Å². The topological polar surface area (TPSA) is 106 Å². The van der Waals surface area contributed by atoms with E-state index in [-0.39, 0.29) is 5.57 Å². The molecule has 1 unspecified atom stereocenters. The lowest BCUT2D eigenvalue weighted by Gasteiger charge is -2.33. The number of allylic oxidation sites excluding steroid dienone is 1. The van der Waals surface area contributed by atoms with Crippen molar-refractivity contribution in [1.82, 2.24) is 4.90 Å². The monoisotopic (exact) mass is 239 g/mol. The van der Waals surface area contributed by atoms with Crippen molar-refractivity contribution in [3.63, 3.8) is 0 Å². The molecule has 1 rings (SSSR count). The zero-order valence-electron chi connectivity index (χ0n) is 10.2. The minimum Gasteiger partial charge on any atom is -0.367 e. The van der Waals surface area contributed by atoms with E-state index < -0.39 is 23.1 Å². The number of nitrogens with two attached hydrogens (primary N) is 2. The molecule has 17 heavy (non-hydrogen) atoms. The van der Waals surface area contributed by atoms with Crippen LogP contribution in [0.2, 0.25) is 0 Å². The van der Waals surface area contributed by atoms with Gasteiger partial charge in [-0.25, -0.2) is 0 Å². The molecule has 0 aliphatic carbocycles. The number of carbonyl (C=O) groups is 3. The number of rotatable bonds is 4. The molecule has 6 heteroatoms. The quantitative estimate of drug-likeness (QED) is 0.499. The molecule has 0 radical (unpaired) electrons. The van der Waals surface area contributed by atoms with Crippen LogP contribution in [0.5, 0.6) is 0 Å². The van der Waals surface area contributed by atoms with Crippen molar-refractivity contribution in [2.24, 2.45) is 11.5 Å². The molecule has 0 aromatic rings. The Morgan fingerprint density at radius 3 is 2.24 bits per heavy atom. The Bertz CT molecular complexity index is 428. The number of Topliss-reactive ketones (excluding diaryl/α,β-unsaturated/α-hetero) is 1. The van der Waals surface area contributed by atoms with Crippen molar-refractivity contribution in [3.8, 4) is 0 Å². The summed E-state index contributed by atoms with van der Waals surface area (Å²) in [7, 11) is 0. The summed E-state index contributed by atoms with van der Waals surface area (Å²) in [5.41, 5.74) is 9.25. The number of primary amides is 2. The molecule has 2 amide bonds. The summed E-state index contributed by atoms with van der Waals surface area (Å²) in [4.78, 5) is 36.4. The molecule has 1 aliphatic rings. The van der Waals surface area contributed by atoms with Crippen molar-refractivity contribution in [2.75, 3.05) is 6.54 Å². The van der Waals surface area contributed by atoms with E-state index in [2.05, 4.69) is 0 Å². The van der Waals surface area contributed by atoms with Gasteiger partial charge in [-0.05, 0) is 20.3 Å². The highest BCUT2D eigenvalue weighted by Gasteiger charge is 2.53. The van der Waals surface area contributed by atoms with Crippen LogP contribution in [0.1, 0.15) is 27.2 Å². The van der Waals surface area contributed by atoms with E-state index in [4.69, 9.17) is 11.5 Å². The first-order chi connectivity index (χ1) is 7.78. The highest BCUT2D eigenvalue weighted by molar-refractivity contribution is 6.30. The lowest BCUT2D eigenvalue weighted by atomic mass is 9.93. The summed E-state index contributed by atoms with van der Waals surface area (Å²) >= 11 is 0. The third kappa shape index (κ3) is 1.69. The van der Waals surface area contributed by atoms with Gasteiger partial charge in [0.25, 0.3) is 11.8 Å². The molecule has 1 aliphatic heterocycles. The lowest BCUT2D eigenvalue weighted by molar-refractivity contribution is -0.136. The smallest absolute Gasteiger partial charge is 0.254 e. The Morgan fingerprint density at radius 2 is 1.88 bits per heavy atom. The molecule has 0 bridgehead atoms. The maximum atomic E-state index is 12.1. The second-order valence-corrected chi connectivity index (χ2v) is 4.24. The first-order valence-electron chi connectivity index (χ1n) is 5.41. The van der Waals surface area contributed by atoms with Gasteiger partial charge in [0.1, 0.15) is 5.57 Å². The zero-order chi connectivity index (χ0) is 13.4. The number of ketones is 1. The van der Waals surface area contributed by atoms with Gasteiger partial charge in [-0.2, -0.15) is 0 Å². The Kier molecular flexibility index (Phi) is 3.26. The average molecular weight is 239 g/mol. The average Bonchev–Trinajstić information content (AvgIpc) is 2.41. The Morgan fingerprint density at radius 1 is 1.35 bits per heavy atom.